The number of halogens is 1. The Hall–Kier alpha value is -2.67. The van der Waals surface area contributed by atoms with E-state index in [1.807, 2.05) is 11.5 Å². The predicted molar refractivity (Wildman–Crippen MR) is 87.0 cm³/mol. The zero-order chi connectivity index (χ0) is 16.8. The number of aromatic nitrogens is 3. The predicted octanol–water partition coefficient (Wildman–Crippen LogP) is 2.00. The summed E-state index contributed by atoms with van der Waals surface area (Å²) < 4.78 is 7.59. The van der Waals surface area contributed by atoms with Crippen LogP contribution in [0.15, 0.2) is 33.5 Å². The molecule has 0 saturated carbocycles. The average molecular weight is 345 g/mol. The first-order valence-corrected chi connectivity index (χ1v) is 7.82. The molecule has 0 bridgehead atoms. The summed E-state index contributed by atoms with van der Waals surface area (Å²) >= 11 is 5.89. The molecule has 0 aliphatic carbocycles. The molecule has 1 aliphatic rings. The van der Waals surface area contributed by atoms with E-state index in [-0.39, 0.29) is 17.1 Å². The first kappa shape index (κ1) is 14.9. The second kappa shape index (κ2) is 5.45. The van der Waals surface area contributed by atoms with Gasteiger partial charge in [-0.3, -0.25) is 9.59 Å². The van der Waals surface area contributed by atoms with Crippen molar-refractivity contribution in [2.45, 2.75) is 20.0 Å². The Bertz CT molecular complexity index is 1020. The second-order valence-corrected chi connectivity index (χ2v) is 6.09. The highest BCUT2D eigenvalue weighted by atomic mass is 35.5. The van der Waals surface area contributed by atoms with Crippen molar-refractivity contribution >= 4 is 28.5 Å². The normalized spacial score (nSPS) is 14.0. The summed E-state index contributed by atoms with van der Waals surface area (Å²) in [4.78, 5) is 26.5. The van der Waals surface area contributed by atoms with Crippen molar-refractivity contribution in [2.24, 2.45) is 0 Å². The van der Waals surface area contributed by atoms with Crippen LogP contribution in [0.4, 0.5) is 0 Å². The van der Waals surface area contributed by atoms with Crippen LogP contribution in [-0.4, -0.2) is 32.1 Å². The number of amides is 1. The maximum Gasteiger partial charge on any atom is 0.290 e. The first-order valence-electron chi connectivity index (χ1n) is 7.44. The number of rotatable bonds is 1. The summed E-state index contributed by atoms with van der Waals surface area (Å²) in [6, 6.07) is 5.95. The fraction of sp³-hybridized carbons (Fsp3) is 0.250. The number of fused-ring (bicyclic) bond motifs is 2. The third kappa shape index (κ3) is 2.37. The summed E-state index contributed by atoms with van der Waals surface area (Å²) in [7, 11) is 0. The number of aryl methyl sites for hydroxylation is 1. The van der Waals surface area contributed by atoms with Crippen molar-refractivity contribution in [3.63, 3.8) is 0 Å². The van der Waals surface area contributed by atoms with E-state index in [2.05, 4.69) is 10.2 Å². The molecular weight excluding hydrogens is 332 g/mol. The van der Waals surface area contributed by atoms with Gasteiger partial charge in [0.25, 0.3) is 5.91 Å². The third-order valence-corrected chi connectivity index (χ3v) is 4.36. The molecule has 122 valence electrons. The quantitative estimate of drug-likeness (QED) is 0.674. The minimum atomic E-state index is -0.337. The molecule has 2 aromatic heterocycles. The van der Waals surface area contributed by atoms with Crippen molar-refractivity contribution in [2.75, 3.05) is 6.54 Å². The smallest absolute Gasteiger partial charge is 0.290 e. The lowest BCUT2D eigenvalue weighted by Gasteiger charge is -2.27. The van der Waals surface area contributed by atoms with Crippen molar-refractivity contribution < 1.29 is 9.21 Å². The number of carbonyl (C=O) groups is 1. The third-order valence-electron chi connectivity index (χ3n) is 4.13. The SMILES string of the molecule is Cc1nnc2n1CCN(C(=O)c1cc(=O)c3cc(Cl)ccc3o1)C2. The second-order valence-electron chi connectivity index (χ2n) is 5.66. The lowest BCUT2D eigenvalue weighted by molar-refractivity contribution is 0.0675. The number of benzene rings is 1. The summed E-state index contributed by atoms with van der Waals surface area (Å²) in [5.74, 6) is 1.23. The van der Waals surface area contributed by atoms with E-state index in [1.165, 1.54) is 12.1 Å². The Morgan fingerprint density at radius 2 is 2.08 bits per heavy atom. The molecule has 0 saturated heterocycles. The lowest BCUT2D eigenvalue weighted by Crippen LogP contribution is -2.38. The molecule has 4 rings (SSSR count). The Morgan fingerprint density at radius 3 is 2.92 bits per heavy atom. The Morgan fingerprint density at radius 1 is 1.25 bits per heavy atom. The molecule has 3 heterocycles. The maximum absolute atomic E-state index is 12.7. The van der Waals surface area contributed by atoms with Gasteiger partial charge in [0.2, 0.25) is 0 Å². The Kier molecular flexibility index (Phi) is 3.38. The van der Waals surface area contributed by atoms with Gasteiger partial charge in [0.1, 0.15) is 11.4 Å². The number of carbonyl (C=O) groups excluding carboxylic acids is 1. The van der Waals surface area contributed by atoms with Gasteiger partial charge in [-0.2, -0.15) is 0 Å². The highest BCUT2D eigenvalue weighted by Gasteiger charge is 2.26. The van der Waals surface area contributed by atoms with E-state index >= 15 is 0 Å². The summed E-state index contributed by atoms with van der Waals surface area (Å²) in [5, 5.41) is 8.89. The molecule has 0 N–H and O–H groups in total. The summed E-state index contributed by atoms with van der Waals surface area (Å²) in [5.41, 5.74) is 0.0457. The van der Waals surface area contributed by atoms with Gasteiger partial charge in [0, 0.05) is 24.2 Å². The van der Waals surface area contributed by atoms with Crippen LogP contribution in [0.2, 0.25) is 5.02 Å². The van der Waals surface area contributed by atoms with E-state index in [1.54, 1.807) is 17.0 Å². The van der Waals surface area contributed by atoms with E-state index in [0.29, 0.717) is 35.6 Å². The van der Waals surface area contributed by atoms with E-state index in [0.717, 1.165) is 11.6 Å². The van der Waals surface area contributed by atoms with Gasteiger partial charge in [-0.05, 0) is 25.1 Å². The molecule has 0 unspecified atom stereocenters. The van der Waals surface area contributed by atoms with Gasteiger partial charge in [-0.15, -0.1) is 10.2 Å². The number of nitrogens with zero attached hydrogens (tertiary/aromatic N) is 4. The molecule has 24 heavy (non-hydrogen) atoms. The summed E-state index contributed by atoms with van der Waals surface area (Å²) in [6.07, 6.45) is 0. The molecule has 1 amide bonds. The molecule has 1 aromatic carbocycles. The number of hydrogen-bond acceptors (Lipinski definition) is 5. The van der Waals surface area contributed by atoms with Crippen molar-refractivity contribution in [1.29, 1.82) is 0 Å². The van der Waals surface area contributed by atoms with Crippen LogP contribution < -0.4 is 5.43 Å². The van der Waals surface area contributed by atoms with Crippen LogP contribution in [0.3, 0.4) is 0 Å². The van der Waals surface area contributed by atoms with Gasteiger partial charge in [-0.25, -0.2) is 0 Å². The van der Waals surface area contributed by atoms with Crippen molar-refractivity contribution in [3.8, 4) is 0 Å². The fourth-order valence-corrected chi connectivity index (χ4v) is 3.04. The highest BCUT2D eigenvalue weighted by Crippen LogP contribution is 2.20. The molecule has 7 nitrogen and oxygen atoms in total. The molecule has 0 atom stereocenters. The summed E-state index contributed by atoms with van der Waals surface area (Å²) in [6.45, 7) is 3.34. The minimum absolute atomic E-state index is 0.0134. The highest BCUT2D eigenvalue weighted by molar-refractivity contribution is 6.31. The molecule has 8 heteroatoms. The number of hydrogen-bond donors (Lipinski definition) is 0. The molecule has 0 spiro atoms. The standard InChI is InChI=1S/C16H13ClN4O3/c1-9-18-19-15-8-20(4-5-21(9)15)16(23)14-7-12(22)11-6-10(17)2-3-13(11)24-14/h2-3,6-7H,4-5,8H2,1H3. The topological polar surface area (TPSA) is 81.2 Å². The van der Waals surface area contributed by atoms with Crippen LogP contribution in [0.25, 0.3) is 11.0 Å². The maximum atomic E-state index is 12.7. The molecule has 1 aliphatic heterocycles. The zero-order valence-corrected chi connectivity index (χ0v) is 13.6. The minimum Gasteiger partial charge on any atom is -0.451 e. The molecule has 0 radical (unpaired) electrons. The Balaban J connectivity index is 1.69. The lowest BCUT2D eigenvalue weighted by atomic mass is 10.2. The molecule has 3 aromatic rings. The molecule has 0 fully saturated rings. The van der Waals surface area contributed by atoms with Gasteiger partial charge in [0.05, 0.1) is 11.9 Å². The van der Waals surface area contributed by atoms with Crippen LogP contribution in [0.5, 0.6) is 0 Å². The Labute approximate surface area is 141 Å². The fourth-order valence-electron chi connectivity index (χ4n) is 2.87. The van der Waals surface area contributed by atoms with Crippen LogP contribution in [0, 0.1) is 6.92 Å². The molecular formula is C16H13ClN4O3. The van der Waals surface area contributed by atoms with Crippen LogP contribution >= 0.6 is 11.6 Å². The van der Waals surface area contributed by atoms with Gasteiger partial charge in [0.15, 0.2) is 17.0 Å². The van der Waals surface area contributed by atoms with Crippen molar-refractivity contribution in [3.05, 3.63) is 56.9 Å². The van der Waals surface area contributed by atoms with Gasteiger partial charge in [-0.1, -0.05) is 11.6 Å². The monoisotopic (exact) mass is 344 g/mol. The zero-order valence-electron chi connectivity index (χ0n) is 12.8. The van der Waals surface area contributed by atoms with E-state index in [9.17, 15) is 9.59 Å². The van der Waals surface area contributed by atoms with Crippen molar-refractivity contribution in [1.82, 2.24) is 19.7 Å². The largest absolute Gasteiger partial charge is 0.451 e. The van der Waals surface area contributed by atoms with Gasteiger partial charge >= 0.3 is 0 Å². The van der Waals surface area contributed by atoms with Crippen LogP contribution in [-0.2, 0) is 13.1 Å². The van der Waals surface area contributed by atoms with E-state index in [4.69, 9.17) is 16.0 Å². The average Bonchev–Trinajstić information content (AvgIpc) is 2.95. The van der Waals surface area contributed by atoms with Crippen LogP contribution in [0.1, 0.15) is 22.2 Å². The van der Waals surface area contributed by atoms with E-state index < -0.39 is 0 Å². The van der Waals surface area contributed by atoms with Gasteiger partial charge < -0.3 is 13.9 Å². The first-order chi connectivity index (χ1) is 11.5.